The normalized spacial score (nSPS) is 11.2. The molecule has 6 heteroatoms. The van der Waals surface area contributed by atoms with Crippen molar-refractivity contribution in [3.8, 4) is 0 Å². The summed E-state index contributed by atoms with van der Waals surface area (Å²) in [5.74, 6) is -0.295. The molecule has 1 N–H and O–H groups in total. The van der Waals surface area contributed by atoms with Gasteiger partial charge in [0.15, 0.2) is 4.77 Å². The van der Waals surface area contributed by atoms with Crippen LogP contribution < -0.4 is 0 Å². The third-order valence-electron chi connectivity index (χ3n) is 3.07. The molecule has 0 aliphatic heterocycles. The maximum Gasteiger partial charge on any atom is 0.178 e. The van der Waals surface area contributed by atoms with E-state index in [0.717, 1.165) is 21.1 Å². The van der Waals surface area contributed by atoms with Crippen LogP contribution in [-0.2, 0) is 6.54 Å². The zero-order chi connectivity index (χ0) is 14.3. The van der Waals surface area contributed by atoms with Crippen LogP contribution in [0.25, 0.3) is 11.0 Å². The summed E-state index contributed by atoms with van der Waals surface area (Å²) >= 11 is 11.9. The van der Waals surface area contributed by atoms with E-state index in [1.54, 1.807) is 6.07 Å². The highest BCUT2D eigenvalue weighted by Crippen LogP contribution is 2.24. The van der Waals surface area contributed by atoms with E-state index in [0.29, 0.717) is 15.8 Å². The topological polar surface area (TPSA) is 20.7 Å². The summed E-state index contributed by atoms with van der Waals surface area (Å²) in [6.45, 7) is 0.604. The Hall–Kier alpha value is -0.980. The van der Waals surface area contributed by atoms with E-state index in [1.807, 2.05) is 28.8 Å². The van der Waals surface area contributed by atoms with Crippen molar-refractivity contribution in [1.29, 1.82) is 0 Å². The van der Waals surface area contributed by atoms with Gasteiger partial charge < -0.3 is 9.55 Å². The molecule has 0 bridgehead atoms. The molecule has 0 amide bonds. The van der Waals surface area contributed by atoms with Crippen LogP contribution in [0.5, 0.6) is 0 Å². The lowest BCUT2D eigenvalue weighted by Gasteiger charge is -2.05. The zero-order valence-electron chi connectivity index (χ0n) is 10.2. The summed E-state index contributed by atoms with van der Waals surface area (Å²) < 4.78 is 17.6. The van der Waals surface area contributed by atoms with E-state index in [9.17, 15) is 4.39 Å². The summed E-state index contributed by atoms with van der Waals surface area (Å²) in [5, 5.41) is 0. The van der Waals surface area contributed by atoms with Crippen LogP contribution in [-0.4, -0.2) is 9.55 Å². The number of hydrogen-bond acceptors (Lipinski definition) is 1. The summed E-state index contributed by atoms with van der Waals surface area (Å²) in [5.41, 5.74) is 2.69. The lowest BCUT2D eigenvalue weighted by molar-refractivity contribution is 0.622. The molecular weight excluding hydrogens is 407 g/mol. The molecule has 0 radical (unpaired) electrons. The number of aromatic amines is 1. The van der Waals surface area contributed by atoms with Crippen molar-refractivity contribution in [1.82, 2.24) is 9.55 Å². The fraction of sp³-hybridized carbons (Fsp3) is 0.0714. The maximum absolute atomic E-state index is 13.7. The van der Waals surface area contributed by atoms with Gasteiger partial charge in [-0.25, -0.2) is 4.39 Å². The molecule has 0 fully saturated rings. The Labute approximate surface area is 136 Å². The predicted molar refractivity (Wildman–Crippen MR) is 88.0 cm³/mol. The van der Waals surface area contributed by atoms with E-state index in [-0.39, 0.29) is 5.82 Å². The Bertz CT molecular complexity index is 837. The smallest absolute Gasteiger partial charge is 0.178 e. The van der Waals surface area contributed by atoms with Crippen LogP contribution in [0.1, 0.15) is 5.56 Å². The van der Waals surface area contributed by atoms with Gasteiger partial charge in [-0.2, -0.15) is 0 Å². The maximum atomic E-state index is 13.7. The number of aromatic nitrogens is 2. The number of H-pyrrole nitrogens is 1. The van der Waals surface area contributed by atoms with Crippen LogP contribution in [0.3, 0.4) is 0 Å². The van der Waals surface area contributed by atoms with Crippen LogP contribution in [0.2, 0.25) is 0 Å². The predicted octanol–water partition coefficient (Wildman–Crippen LogP) is 5.41. The molecule has 0 spiro atoms. The first-order chi connectivity index (χ1) is 9.54. The second-order valence-corrected chi connectivity index (χ2v) is 6.58. The van der Waals surface area contributed by atoms with Gasteiger partial charge in [0.05, 0.1) is 22.1 Å². The summed E-state index contributed by atoms with van der Waals surface area (Å²) in [7, 11) is 0. The Morgan fingerprint density at radius 2 is 1.85 bits per heavy atom. The Balaban J connectivity index is 2.11. The van der Waals surface area contributed by atoms with Crippen molar-refractivity contribution in [2.45, 2.75) is 6.54 Å². The fourth-order valence-corrected chi connectivity index (χ4v) is 2.96. The van der Waals surface area contributed by atoms with Crippen LogP contribution in [0.15, 0.2) is 45.3 Å². The summed E-state index contributed by atoms with van der Waals surface area (Å²) in [6.07, 6.45) is 0. The molecule has 0 saturated carbocycles. The van der Waals surface area contributed by atoms with Gasteiger partial charge in [0, 0.05) is 10.5 Å². The molecule has 0 aliphatic rings. The number of hydrogen-bond donors (Lipinski definition) is 1. The Morgan fingerprint density at radius 3 is 2.55 bits per heavy atom. The number of fused-ring (bicyclic) bond motifs is 1. The first-order valence-electron chi connectivity index (χ1n) is 5.86. The molecule has 0 aliphatic carbocycles. The molecule has 0 unspecified atom stereocenters. The molecule has 102 valence electrons. The molecule has 2 aromatic carbocycles. The second kappa shape index (κ2) is 5.42. The third kappa shape index (κ3) is 2.60. The van der Waals surface area contributed by atoms with Crippen molar-refractivity contribution in [3.05, 3.63) is 61.5 Å². The van der Waals surface area contributed by atoms with Gasteiger partial charge in [0.1, 0.15) is 5.82 Å². The first-order valence-corrected chi connectivity index (χ1v) is 7.86. The minimum atomic E-state index is -0.295. The van der Waals surface area contributed by atoms with E-state index in [4.69, 9.17) is 12.2 Å². The van der Waals surface area contributed by atoms with E-state index in [2.05, 4.69) is 36.8 Å². The summed E-state index contributed by atoms with van der Waals surface area (Å²) in [6, 6.07) is 11.2. The lowest BCUT2D eigenvalue weighted by Crippen LogP contribution is -1.99. The van der Waals surface area contributed by atoms with Crippen molar-refractivity contribution in [2.75, 3.05) is 0 Å². The molecule has 0 saturated heterocycles. The Kier molecular flexibility index (Phi) is 3.79. The first kappa shape index (κ1) is 14.0. The second-order valence-electron chi connectivity index (χ2n) is 4.43. The lowest BCUT2D eigenvalue weighted by atomic mass is 10.2. The molecule has 3 rings (SSSR count). The third-order valence-corrected chi connectivity index (χ3v) is 4.53. The van der Waals surface area contributed by atoms with E-state index < -0.39 is 0 Å². The number of nitrogens with one attached hydrogen (secondary N) is 1. The average molecular weight is 416 g/mol. The van der Waals surface area contributed by atoms with Crippen molar-refractivity contribution < 1.29 is 4.39 Å². The van der Waals surface area contributed by atoms with Crippen LogP contribution >= 0.6 is 44.1 Å². The highest BCUT2D eigenvalue weighted by atomic mass is 79.9. The van der Waals surface area contributed by atoms with E-state index in [1.165, 1.54) is 6.07 Å². The number of halogens is 3. The van der Waals surface area contributed by atoms with E-state index >= 15 is 0 Å². The van der Waals surface area contributed by atoms with Gasteiger partial charge in [-0.15, -0.1) is 0 Å². The molecular formula is C14H9Br2FN2S. The monoisotopic (exact) mass is 414 g/mol. The molecule has 1 aromatic heterocycles. The molecule has 1 heterocycles. The number of benzene rings is 2. The minimum Gasteiger partial charge on any atom is -0.331 e. The average Bonchev–Trinajstić information content (AvgIpc) is 2.69. The quantitative estimate of drug-likeness (QED) is 0.555. The standard InChI is InChI=1S/C14H9Br2FN2S/c15-9-3-1-8(2-4-9)7-19-13-6-11(17)10(16)5-12(13)18-14(19)20/h1-6H,7H2,(H,18,20). The number of rotatable bonds is 2. The molecule has 20 heavy (non-hydrogen) atoms. The van der Waals surface area contributed by atoms with Gasteiger partial charge in [-0.05, 0) is 51.9 Å². The highest BCUT2D eigenvalue weighted by molar-refractivity contribution is 9.10. The van der Waals surface area contributed by atoms with Crippen LogP contribution in [0, 0.1) is 10.6 Å². The van der Waals surface area contributed by atoms with Crippen molar-refractivity contribution in [3.63, 3.8) is 0 Å². The van der Waals surface area contributed by atoms with Crippen LogP contribution in [0.4, 0.5) is 4.39 Å². The SMILES string of the molecule is Fc1cc2c(cc1Br)[nH]c(=S)n2Cc1ccc(Br)cc1. The van der Waals surface area contributed by atoms with Gasteiger partial charge in [-0.3, -0.25) is 0 Å². The minimum absolute atomic E-state index is 0.295. The molecule has 0 atom stereocenters. The number of imidazole rings is 1. The molecule has 2 nitrogen and oxygen atoms in total. The van der Waals surface area contributed by atoms with Crippen molar-refractivity contribution >= 4 is 55.1 Å². The van der Waals surface area contributed by atoms with Gasteiger partial charge in [-0.1, -0.05) is 28.1 Å². The summed E-state index contributed by atoms with van der Waals surface area (Å²) in [4.78, 5) is 3.10. The highest BCUT2D eigenvalue weighted by Gasteiger charge is 2.09. The van der Waals surface area contributed by atoms with Gasteiger partial charge in [0.25, 0.3) is 0 Å². The van der Waals surface area contributed by atoms with Gasteiger partial charge >= 0.3 is 0 Å². The largest absolute Gasteiger partial charge is 0.331 e. The molecule has 3 aromatic rings. The Morgan fingerprint density at radius 1 is 1.15 bits per heavy atom. The fourth-order valence-electron chi connectivity index (χ4n) is 2.08. The zero-order valence-corrected chi connectivity index (χ0v) is 14.1. The number of nitrogens with zero attached hydrogens (tertiary/aromatic N) is 1. The van der Waals surface area contributed by atoms with Crippen molar-refractivity contribution in [2.24, 2.45) is 0 Å². The van der Waals surface area contributed by atoms with Gasteiger partial charge in [0.2, 0.25) is 0 Å².